The van der Waals surface area contributed by atoms with Crippen molar-refractivity contribution in [3.63, 3.8) is 0 Å². The third-order valence-electron chi connectivity index (χ3n) is 4.60. The van der Waals surface area contributed by atoms with Crippen molar-refractivity contribution in [3.8, 4) is 0 Å². The summed E-state index contributed by atoms with van der Waals surface area (Å²) in [5.41, 5.74) is 3.88. The van der Waals surface area contributed by atoms with Crippen molar-refractivity contribution in [2.24, 2.45) is 0 Å². The number of carbonyl (C=O) groups excluding carboxylic acids is 1. The number of benzene rings is 2. The van der Waals surface area contributed by atoms with Gasteiger partial charge in [0.15, 0.2) is 0 Å². The Labute approximate surface area is 158 Å². The molecule has 0 bridgehead atoms. The summed E-state index contributed by atoms with van der Waals surface area (Å²) in [7, 11) is 0. The molecule has 3 aromatic rings. The summed E-state index contributed by atoms with van der Waals surface area (Å²) >= 11 is 0. The van der Waals surface area contributed by atoms with Crippen LogP contribution in [0.2, 0.25) is 0 Å². The van der Waals surface area contributed by atoms with Crippen LogP contribution < -0.4 is 10.2 Å². The van der Waals surface area contributed by atoms with E-state index < -0.39 is 0 Å². The van der Waals surface area contributed by atoms with Gasteiger partial charge >= 0.3 is 0 Å². The summed E-state index contributed by atoms with van der Waals surface area (Å²) in [5.74, 6) is 0.471. The molecular weight excluding hydrogens is 340 g/mol. The van der Waals surface area contributed by atoms with E-state index in [1.54, 1.807) is 6.08 Å². The number of nitrogens with one attached hydrogen (secondary N) is 1. The Balaban J connectivity index is 1.38. The first-order valence-corrected chi connectivity index (χ1v) is 9.09. The number of nitrogens with zero attached hydrogens (tertiary/aromatic N) is 1. The maximum Gasteiger partial charge on any atom is 0.248 e. The summed E-state index contributed by atoms with van der Waals surface area (Å²) < 4.78 is 11.1. The monoisotopic (exact) mass is 362 g/mol. The molecule has 1 aromatic heterocycles. The number of ether oxygens (including phenoxy) is 1. The molecule has 138 valence electrons. The van der Waals surface area contributed by atoms with Crippen molar-refractivity contribution in [1.29, 1.82) is 0 Å². The minimum atomic E-state index is -0.189. The van der Waals surface area contributed by atoms with Crippen LogP contribution in [-0.2, 0) is 9.53 Å². The topological polar surface area (TPSA) is 54.7 Å². The van der Waals surface area contributed by atoms with Crippen LogP contribution >= 0.6 is 0 Å². The highest BCUT2D eigenvalue weighted by Gasteiger charge is 2.11. The predicted octanol–water partition coefficient (Wildman–Crippen LogP) is 4.23. The maximum absolute atomic E-state index is 12.2. The number of fused-ring (bicyclic) bond motifs is 1. The molecule has 1 N–H and O–H groups in total. The second-order valence-electron chi connectivity index (χ2n) is 6.66. The number of furan rings is 1. The van der Waals surface area contributed by atoms with Gasteiger partial charge in [0.2, 0.25) is 5.91 Å². The normalized spacial score (nSPS) is 14.8. The molecule has 0 saturated carbocycles. The highest BCUT2D eigenvalue weighted by atomic mass is 16.5. The van der Waals surface area contributed by atoms with Gasteiger partial charge in [0, 0.05) is 35.9 Å². The lowest BCUT2D eigenvalue weighted by Gasteiger charge is -2.28. The third kappa shape index (κ3) is 4.20. The summed E-state index contributed by atoms with van der Waals surface area (Å²) in [6.07, 6.45) is 3.17. The number of morpholine rings is 1. The van der Waals surface area contributed by atoms with Gasteiger partial charge in [-0.15, -0.1) is 0 Å². The maximum atomic E-state index is 12.2. The van der Waals surface area contributed by atoms with Crippen molar-refractivity contribution in [1.82, 2.24) is 0 Å². The zero-order valence-corrected chi connectivity index (χ0v) is 15.3. The van der Waals surface area contributed by atoms with Crippen LogP contribution in [0.15, 0.2) is 59.0 Å². The van der Waals surface area contributed by atoms with Gasteiger partial charge in [0.25, 0.3) is 0 Å². The lowest BCUT2D eigenvalue weighted by atomic mass is 10.2. The molecule has 0 unspecified atom stereocenters. The highest BCUT2D eigenvalue weighted by molar-refractivity contribution is 6.02. The Hall–Kier alpha value is -3.05. The molecule has 1 amide bonds. The highest BCUT2D eigenvalue weighted by Crippen LogP contribution is 2.22. The van der Waals surface area contributed by atoms with Crippen LogP contribution in [0.3, 0.4) is 0 Å². The van der Waals surface area contributed by atoms with Gasteiger partial charge in [0.1, 0.15) is 11.3 Å². The van der Waals surface area contributed by atoms with Crippen molar-refractivity contribution in [3.05, 3.63) is 65.9 Å². The molecule has 0 radical (unpaired) electrons. The average molecular weight is 362 g/mol. The van der Waals surface area contributed by atoms with Gasteiger partial charge in [-0.1, -0.05) is 12.1 Å². The molecule has 0 aliphatic carbocycles. The van der Waals surface area contributed by atoms with E-state index in [0.29, 0.717) is 5.76 Å². The van der Waals surface area contributed by atoms with Gasteiger partial charge in [0.05, 0.1) is 13.2 Å². The summed E-state index contributed by atoms with van der Waals surface area (Å²) in [6.45, 7) is 5.32. The van der Waals surface area contributed by atoms with Crippen molar-refractivity contribution < 1.29 is 13.9 Å². The molecule has 27 heavy (non-hydrogen) atoms. The third-order valence-corrected chi connectivity index (χ3v) is 4.60. The van der Waals surface area contributed by atoms with Gasteiger partial charge in [-0.3, -0.25) is 4.79 Å². The SMILES string of the molecule is Cc1ccc2cc(C=CC(=O)Nc3ccc(N4CCOCC4)cc3)oc2c1. The Morgan fingerprint density at radius 1 is 1.07 bits per heavy atom. The Bertz CT molecular complexity index is 967. The van der Waals surface area contributed by atoms with Crippen molar-refractivity contribution >= 4 is 34.3 Å². The Morgan fingerprint density at radius 2 is 1.85 bits per heavy atom. The number of hydrogen-bond donors (Lipinski definition) is 1. The van der Waals surface area contributed by atoms with Crippen LogP contribution in [0.4, 0.5) is 11.4 Å². The molecule has 0 spiro atoms. The van der Waals surface area contributed by atoms with Gasteiger partial charge in [-0.05, 0) is 55.0 Å². The second kappa shape index (κ2) is 7.68. The van der Waals surface area contributed by atoms with E-state index in [9.17, 15) is 4.79 Å². The van der Waals surface area contributed by atoms with Crippen molar-refractivity contribution in [2.45, 2.75) is 6.92 Å². The molecule has 1 aliphatic heterocycles. The molecule has 1 fully saturated rings. The fourth-order valence-electron chi connectivity index (χ4n) is 3.16. The van der Waals surface area contributed by atoms with E-state index in [1.165, 1.54) is 6.08 Å². The first-order chi connectivity index (χ1) is 13.2. The number of hydrogen-bond acceptors (Lipinski definition) is 4. The standard InChI is InChI=1S/C22H22N2O3/c1-16-2-3-17-15-20(27-21(17)14-16)8-9-22(25)23-18-4-6-19(7-5-18)24-10-12-26-13-11-24/h2-9,14-15H,10-13H2,1H3,(H,23,25). The van der Waals surface area contributed by atoms with E-state index in [2.05, 4.69) is 10.2 Å². The number of carbonyl (C=O) groups is 1. The van der Waals surface area contributed by atoms with E-state index in [1.807, 2.05) is 55.5 Å². The van der Waals surface area contributed by atoms with Gasteiger partial charge in [-0.2, -0.15) is 0 Å². The zero-order valence-electron chi connectivity index (χ0n) is 15.3. The fourth-order valence-corrected chi connectivity index (χ4v) is 3.16. The largest absolute Gasteiger partial charge is 0.457 e. The molecular formula is C22H22N2O3. The molecule has 1 saturated heterocycles. The molecule has 2 aromatic carbocycles. The van der Waals surface area contributed by atoms with Gasteiger partial charge < -0.3 is 19.4 Å². The predicted molar refractivity (Wildman–Crippen MR) is 108 cm³/mol. The van der Waals surface area contributed by atoms with Gasteiger partial charge in [-0.25, -0.2) is 0 Å². The number of anilines is 2. The number of rotatable bonds is 4. The lowest BCUT2D eigenvalue weighted by Crippen LogP contribution is -2.36. The van der Waals surface area contributed by atoms with Crippen LogP contribution in [0.5, 0.6) is 0 Å². The fraction of sp³-hybridized carbons (Fsp3) is 0.227. The van der Waals surface area contributed by atoms with E-state index in [-0.39, 0.29) is 5.91 Å². The summed E-state index contributed by atoms with van der Waals surface area (Å²) in [4.78, 5) is 14.5. The molecule has 5 heteroatoms. The molecule has 0 atom stereocenters. The van der Waals surface area contributed by atoms with Crippen LogP contribution in [-0.4, -0.2) is 32.2 Å². The van der Waals surface area contributed by atoms with Crippen LogP contribution in [0.1, 0.15) is 11.3 Å². The van der Waals surface area contributed by atoms with Crippen LogP contribution in [0, 0.1) is 6.92 Å². The molecule has 1 aliphatic rings. The number of aryl methyl sites for hydroxylation is 1. The minimum Gasteiger partial charge on any atom is -0.457 e. The second-order valence-corrected chi connectivity index (χ2v) is 6.66. The molecule has 2 heterocycles. The van der Waals surface area contributed by atoms with E-state index in [4.69, 9.17) is 9.15 Å². The Kier molecular flexibility index (Phi) is 4.94. The zero-order chi connectivity index (χ0) is 18.6. The smallest absolute Gasteiger partial charge is 0.248 e. The Morgan fingerprint density at radius 3 is 2.63 bits per heavy atom. The van der Waals surface area contributed by atoms with E-state index in [0.717, 1.165) is 54.2 Å². The average Bonchev–Trinajstić information content (AvgIpc) is 3.10. The summed E-state index contributed by atoms with van der Waals surface area (Å²) in [6, 6.07) is 15.8. The first kappa shape index (κ1) is 17.4. The first-order valence-electron chi connectivity index (χ1n) is 9.09. The van der Waals surface area contributed by atoms with E-state index >= 15 is 0 Å². The summed E-state index contributed by atoms with van der Waals surface area (Å²) in [5, 5.41) is 3.90. The van der Waals surface area contributed by atoms with Crippen molar-refractivity contribution in [2.75, 3.05) is 36.5 Å². The molecule has 5 nitrogen and oxygen atoms in total. The lowest BCUT2D eigenvalue weighted by molar-refractivity contribution is -0.111. The minimum absolute atomic E-state index is 0.189. The van der Waals surface area contributed by atoms with Crippen LogP contribution in [0.25, 0.3) is 17.0 Å². The quantitative estimate of drug-likeness (QED) is 0.706. The molecule has 4 rings (SSSR count). The number of amides is 1.